The fraction of sp³-hybridized carbons (Fsp3) is 0.0625. The lowest BCUT2D eigenvalue weighted by atomic mass is 10.2. The number of halogens is 1. The van der Waals surface area contributed by atoms with Gasteiger partial charge in [-0.05, 0) is 30.3 Å². The minimum atomic E-state index is -0.439. The maximum atomic E-state index is 11.3. The predicted molar refractivity (Wildman–Crippen MR) is 79.3 cm³/mol. The first-order valence-corrected chi connectivity index (χ1v) is 6.38. The van der Waals surface area contributed by atoms with Crippen molar-refractivity contribution < 1.29 is 13.9 Å². The lowest BCUT2D eigenvalue weighted by molar-refractivity contribution is -0.136. The van der Waals surface area contributed by atoms with Gasteiger partial charge in [0.15, 0.2) is 0 Å². The second-order valence-electron chi connectivity index (χ2n) is 3.96. The van der Waals surface area contributed by atoms with Crippen molar-refractivity contribution in [3.05, 3.63) is 65.9 Å². The number of hydrogen-bond acceptors (Lipinski definition) is 3. The molecule has 3 nitrogen and oxygen atoms in total. The van der Waals surface area contributed by atoms with E-state index in [9.17, 15) is 4.79 Å². The van der Waals surface area contributed by atoms with Crippen molar-refractivity contribution in [1.29, 1.82) is 0 Å². The second-order valence-corrected chi connectivity index (χ2v) is 4.40. The molecule has 1 heterocycles. The first kappa shape index (κ1) is 14.2. The van der Waals surface area contributed by atoms with Gasteiger partial charge < -0.3 is 9.15 Å². The molecule has 0 atom stereocenters. The Kier molecular flexibility index (Phi) is 4.80. The normalized spacial score (nSPS) is 10.7. The largest absolute Gasteiger partial charge is 0.458 e. The number of rotatable bonds is 5. The Morgan fingerprint density at radius 3 is 2.95 bits per heavy atom. The van der Waals surface area contributed by atoms with E-state index >= 15 is 0 Å². The molecule has 0 aliphatic heterocycles. The predicted octanol–water partition coefficient (Wildman–Crippen LogP) is 4.34. The Bertz CT molecular complexity index is 641. The van der Waals surface area contributed by atoms with Gasteiger partial charge in [0.05, 0.1) is 0 Å². The van der Waals surface area contributed by atoms with Gasteiger partial charge in [-0.15, -0.1) is 0 Å². The van der Waals surface area contributed by atoms with Gasteiger partial charge in [0, 0.05) is 16.7 Å². The average Bonchev–Trinajstić information content (AvgIpc) is 2.92. The van der Waals surface area contributed by atoms with Gasteiger partial charge >= 0.3 is 5.97 Å². The third-order valence-corrected chi connectivity index (χ3v) is 2.70. The zero-order valence-electron chi connectivity index (χ0n) is 10.7. The molecule has 0 amide bonds. The van der Waals surface area contributed by atoms with Gasteiger partial charge in [0.2, 0.25) is 0 Å². The summed E-state index contributed by atoms with van der Waals surface area (Å²) in [5.74, 6) is 0.813. The van der Waals surface area contributed by atoms with Gasteiger partial charge in [0.1, 0.15) is 18.1 Å². The lowest BCUT2D eigenvalue weighted by Crippen LogP contribution is -1.99. The molecule has 0 radical (unpaired) electrons. The molecule has 0 fully saturated rings. The summed E-state index contributed by atoms with van der Waals surface area (Å²) in [5.41, 5.74) is 0.881. The molecule has 102 valence electrons. The summed E-state index contributed by atoms with van der Waals surface area (Å²) in [5, 5.41) is 0.643. The summed E-state index contributed by atoms with van der Waals surface area (Å²) in [6.07, 6.45) is 4.37. The Hall–Kier alpha value is -2.26. The summed E-state index contributed by atoms with van der Waals surface area (Å²) in [6, 6.07) is 10.9. The number of ether oxygens (including phenoxy) is 1. The van der Waals surface area contributed by atoms with Gasteiger partial charge in [-0.2, -0.15) is 0 Å². The molecule has 0 spiro atoms. The van der Waals surface area contributed by atoms with Crippen LogP contribution in [0.25, 0.3) is 17.4 Å². The fourth-order valence-corrected chi connectivity index (χ4v) is 1.77. The van der Waals surface area contributed by atoms with Crippen molar-refractivity contribution in [1.82, 2.24) is 0 Å². The Balaban J connectivity index is 2.07. The number of furan rings is 1. The lowest BCUT2D eigenvalue weighted by Gasteiger charge is -1.97. The number of carbonyl (C=O) groups is 1. The Morgan fingerprint density at radius 2 is 2.20 bits per heavy atom. The molecule has 2 aromatic rings. The monoisotopic (exact) mass is 288 g/mol. The molecular weight excluding hydrogens is 276 g/mol. The highest BCUT2D eigenvalue weighted by Gasteiger charge is 2.04. The zero-order valence-corrected chi connectivity index (χ0v) is 11.5. The molecule has 0 unspecified atom stereocenters. The minimum Gasteiger partial charge on any atom is -0.458 e. The van der Waals surface area contributed by atoms with E-state index in [4.69, 9.17) is 20.8 Å². The van der Waals surface area contributed by atoms with Crippen LogP contribution < -0.4 is 0 Å². The highest BCUT2D eigenvalue weighted by Crippen LogP contribution is 2.25. The number of esters is 1. The van der Waals surface area contributed by atoms with Crippen LogP contribution in [0.5, 0.6) is 0 Å². The maximum Gasteiger partial charge on any atom is 0.331 e. The number of carbonyl (C=O) groups excluding carboxylic acids is 1. The van der Waals surface area contributed by atoms with E-state index in [0.717, 1.165) is 5.56 Å². The van der Waals surface area contributed by atoms with Gasteiger partial charge in [0.25, 0.3) is 0 Å². The third kappa shape index (κ3) is 3.87. The van der Waals surface area contributed by atoms with Crippen molar-refractivity contribution in [2.24, 2.45) is 0 Å². The van der Waals surface area contributed by atoms with E-state index in [-0.39, 0.29) is 6.61 Å². The second kappa shape index (κ2) is 6.78. The smallest absolute Gasteiger partial charge is 0.331 e. The summed E-state index contributed by atoms with van der Waals surface area (Å²) in [6.45, 7) is 3.65. The topological polar surface area (TPSA) is 39.4 Å². The Labute approximate surface area is 122 Å². The third-order valence-electron chi connectivity index (χ3n) is 2.46. The summed E-state index contributed by atoms with van der Waals surface area (Å²) in [7, 11) is 0. The summed E-state index contributed by atoms with van der Waals surface area (Å²) in [4.78, 5) is 11.3. The van der Waals surface area contributed by atoms with Crippen LogP contribution in [0.1, 0.15) is 5.76 Å². The van der Waals surface area contributed by atoms with E-state index < -0.39 is 5.97 Å². The zero-order chi connectivity index (χ0) is 14.4. The van der Waals surface area contributed by atoms with Gasteiger partial charge in [-0.3, -0.25) is 0 Å². The van der Waals surface area contributed by atoms with Crippen LogP contribution in [-0.4, -0.2) is 12.6 Å². The minimum absolute atomic E-state index is 0.190. The summed E-state index contributed by atoms with van der Waals surface area (Å²) < 4.78 is 10.4. The fourth-order valence-electron chi connectivity index (χ4n) is 1.58. The van der Waals surface area contributed by atoms with Crippen LogP contribution in [0.4, 0.5) is 0 Å². The van der Waals surface area contributed by atoms with E-state index in [1.807, 2.05) is 24.3 Å². The molecule has 0 saturated heterocycles. The molecular formula is C16H13ClO3. The SMILES string of the molecule is C=CCOC(=O)C=Cc1ccc(-c2cccc(Cl)c2)o1. The van der Waals surface area contributed by atoms with Crippen molar-refractivity contribution in [3.63, 3.8) is 0 Å². The van der Waals surface area contributed by atoms with Crippen LogP contribution in [0.2, 0.25) is 5.02 Å². The standard InChI is InChI=1S/C16H13ClO3/c1-2-10-19-16(18)9-7-14-6-8-15(20-14)12-4-3-5-13(17)11-12/h2-9,11H,1,10H2. The van der Waals surface area contributed by atoms with Crippen LogP contribution >= 0.6 is 11.6 Å². The highest BCUT2D eigenvalue weighted by molar-refractivity contribution is 6.30. The molecule has 2 rings (SSSR count). The molecule has 0 bridgehead atoms. The molecule has 1 aromatic heterocycles. The van der Waals surface area contributed by atoms with Crippen LogP contribution in [-0.2, 0) is 9.53 Å². The average molecular weight is 289 g/mol. The van der Waals surface area contributed by atoms with E-state index in [2.05, 4.69) is 6.58 Å². The molecule has 0 aliphatic carbocycles. The van der Waals surface area contributed by atoms with Crippen LogP contribution in [0.3, 0.4) is 0 Å². The molecule has 0 saturated carbocycles. The van der Waals surface area contributed by atoms with E-state index in [0.29, 0.717) is 16.5 Å². The quantitative estimate of drug-likeness (QED) is 0.467. The van der Waals surface area contributed by atoms with Crippen molar-refractivity contribution >= 4 is 23.6 Å². The summed E-state index contributed by atoms with van der Waals surface area (Å²) >= 11 is 5.93. The van der Waals surface area contributed by atoms with Crippen molar-refractivity contribution in [2.45, 2.75) is 0 Å². The highest BCUT2D eigenvalue weighted by atomic mass is 35.5. The molecule has 0 N–H and O–H groups in total. The first-order valence-electron chi connectivity index (χ1n) is 6.00. The molecule has 4 heteroatoms. The van der Waals surface area contributed by atoms with E-state index in [1.165, 1.54) is 12.2 Å². The molecule has 1 aromatic carbocycles. The maximum absolute atomic E-state index is 11.3. The molecule has 20 heavy (non-hydrogen) atoms. The number of benzene rings is 1. The van der Waals surface area contributed by atoms with Crippen LogP contribution in [0, 0.1) is 0 Å². The Morgan fingerprint density at radius 1 is 1.35 bits per heavy atom. The van der Waals surface area contributed by atoms with Gasteiger partial charge in [-0.1, -0.05) is 36.4 Å². The number of hydrogen-bond donors (Lipinski definition) is 0. The van der Waals surface area contributed by atoms with E-state index in [1.54, 1.807) is 18.2 Å². The molecule has 0 aliphatic rings. The van der Waals surface area contributed by atoms with Crippen LogP contribution in [0.15, 0.2) is 59.5 Å². The van der Waals surface area contributed by atoms with Crippen molar-refractivity contribution in [2.75, 3.05) is 6.61 Å². The van der Waals surface area contributed by atoms with Gasteiger partial charge in [-0.25, -0.2) is 4.79 Å². The van der Waals surface area contributed by atoms with Crippen molar-refractivity contribution in [3.8, 4) is 11.3 Å². The first-order chi connectivity index (χ1) is 9.69.